The second-order valence-corrected chi connectivity index (χ2v) is 5.17. The van der Waals surface area contributed by atoms with Crippen LogP contribution >= 0.6 is 22.9 Å². The first-order valence-electron chi connectivity index (χ1n) is 4.67. The molecular formula is C12H9ClO2S. The highest BCUT2D eigenvalue weighted by Crippen LogP contribution is 2.33. The van der Waals surface area contributed by atoms with Crippen molar-refractivity contribution in [3.63, 3.8) is 0 Å². The van der Waals surface area contributed by atoms with Crippen molar-refractivity contribution in [2.75, 3.05) is 0 Å². The summed E-state index contributed by atoms with van der Waals surface area (Å²) in [6.07, 6.45) is 0. The Hall–Kier alpha value is -1.32. The van der Waals surface area contributed by atoms with Crippen molar-refractivity contribution < 1.29 is 9.90 Å². The lowest BCUT2D eigenvalue weighted by Crippen LogP contribution is -1.99. The smallest absolute Gasteiger partial charge is 0.336 e. The number of hydrogen-bond donors (Lipinski definition) is 1. The quantitative estimate of drug-likeness (QED) is 0.875. The molecule has 0 fully saturated rings. The lowest BCUT2D eigenvalue weighted by molar-refractivity contribution is 0.0697. The Balaban J connectivity index is 2.60. The fraction of sp³-hybridized carbons (Fsp3) is 0.0833. The maximum absolute atomic E-state index is 11.1. The predicted octanol–water partition coefficient (Wildman–Crippen LogP) is 4.08. The van der Waals surface area contributed by atoms with Crippen LogP contribution in [0.25, 0.3) is 10.4 Å². The second kappa shape index (κ2) is 4.28. The maximum atomic E-state index is 11.1. The van der Waals surface area contributed by atoms with E-state index in [0.717, 1.165) is 16.0 Å². The van der Waals surface area contributed by atoms with Gasteiger partial charge in [0.15, 0.2) is 0 Å². The molecule has 0 saturated heterocycles. The summed E-state index contributed by atoms with van der Waals surface area (Å²) >= 11 is 7.22. The minimum Gasteiger partial charge on any atom is -0.478 e. The summed E-state index contributed by atoms with van der Waals surface area (Å²) in [6.45, 7) is 1.87. The van der Waals surface area contributed by atoms with E-state index in [1.807, 2.05) is 25.1 Å². The summed E-state index contributed by atoms with van der Waals surface area (Å²) in [5.41, 5.74) is 1.97. The Morgan fingerprint density at radius 3 is 2.62 bits per heavy atom. The molecule has 1 N–H and O–H groups in total. The monoisotopic (exact) mass is 252 g/mol. The molecule has 2 rings (SSSR count). The molecule has 0 amide bonds. The summed E-state index contributed by atoms with van der Waals surface area (Å²) in [6, 6.07) is 9.00. The number of thiophene rings is 1. The van der Waals surface area contributed by atoms with E-state index in [2.05, 4.69) is 0 Å². The van der Waals surface area contributed by atoms with Gasteiger partial charge in [0, 0.05) is 10.4 Å². The summed E-state index contributed by atoms with van der Waals surface area (Å²) in [4.78, 5) is 12.0. The molecule has 0 bridgehead atoms. The third-order valence-corrected chi connectivity index (χ3v) is 3.51. The van der Waals surface area contributed by atoms with Gasteiger partial charge in [-0.3, -0.25) is 0 Å². The molecule has 82 valence electrons. The Morgan fingerprint density at radius 1 is 1.31 bits per heavy atom. The van der Waals surface area contributed by atoms with E-state index in [1.54, 1.807) is 12.1 Å². The van der Waals surface area contributed by atoms with Crippen molar-refractivity contribution >= 4 is 28.9 Å². The molecule has 2 aromatic rings. The number of hydrogen-bond acceptors (Lipinski definition) is 2. The lowest BCUT2D eigenvalue weighted by atomic mass is 10.0. The molecule has 0 aliphatic rings. The normalized spacial score (nSPS) is 10.4. The molecule has 16 heavy (non-hydrogen) atoms. The van der Waals surface area contributed by atoms with Crippen molar-refractivity contribution in [2.24, 2.45) is 0 Å². The van der Waals surface area contributed by atoms with Crippen molar-refractivity contribution in [1.82, 2.24) is 0 Å². The highest BCUT2D eigenvalue weighted by molar-refractivity contribution is 7.19. The first kappa shape index (κ1) is 11.2. The SMILES string of the molecule is Cc1ccc(-c2ccc(Cl)s2)c(C(=O)O)c1. The third-order valence-electron chi connectivity index (χ3n) is 2.24. The zero-order chi connectivity index (χ0) is 11.7. The summed E-state index contributed by atoms with van der Waals surface area (Å²) < 4.78 is 0.659. The molecule has 0 saturated carbocycles. The van der Waals surface area contributed by atoms with Gasteiger partial charge < -0.3 is 5.11 Å². The van der Waals surface area contributed by atoms with Gasteiger partial charge in [-0.2, -0.15) is 0 Å². The lowest BCUT2D eigenvalue weighted by Gasteiger charge is -2.04. The minimum atomic E-state index is -0.914. The molecule has 0 atom stereocenters. The van der Waals surface area contributed by atoms with Crippen molar-refractivity contribution in [2.45, 2.75) is 6.92 Å². The minimum absolute atomic E-state index is 0.318. The number of carboxylic acids is 1. The molecule has 4 heteroatoms. The molecular weight excluding hydrogens is 244 g/mol. The third kappa shape index (κ3) is 2.10. The van der Waals surface area contributed by atoms with E-state index in [0.29, 0.717) is 9.90 Å². The standard InChI is InChI=1S/C12H9ClO2S/c1-7-2-3-8(9(6-7)12(14)15)10-4-5-11(13)16-10/h2-6H,1H3,(H,14,15). The van der Waals surface area contributed by atoms with Crippen molar-refractivity contribution in [3.05, 3.63) is 45.8 Å². The van der Waals surface area contributed by atoms with Crippen molar-refractivity contribution in [3.8, 4) is 10.4 Å². The molecule has 1 aromatic heterocycles. The van der Waals surface area contributed by atoms with Gasteiger partial charge in [-0.25, -0.2) is 4.79 Å². The molecule has 1 heterocycles. The average Bonchev–Trinajstić information content (AvgIpc) is 2.64. The van der Waals surface area contributed by atoms with E-state index in [9.17, 15) is 4.79 Å². The van der Waals surface area contributed by atoms with Crippen LogP contribution in [0.1, 0.15) is 15.9 Å². The number of aryl methyl sites for hydroxylation is 1. The summed E-state index contributed by atoms with van der Waals surface area (Å²) in [5.74, 6) is -0.914. The Labute approximate surface area is 102 Å². The van der Waals surface area contributed by atoms with Gasteiger partial charge in [0.25, 0.3) is 0 Å². The Kier molecular flexibility index (Phi) is 2.99. The van der Waals surface area contributed by atoms with E-state index < -0.39 is 5.97 Å². The number of halogens is 1. The second-order valence-electron chi connectivity index (χ2n) is 3.46. The first-order valence-corrected chi connectivity index (χ1v) is 5.87. The zero-order valence-corrected chi connectivity index (χ0v) is 10.1. The number of benzene rings is 1. The van der Waals surface area contributed by atoms with Crippen molar-refractivity contribution in [1.29, 1.82) is 0 Å². The van der Waals surface area contributed by atoms with Gasteiger partial charge in [-0.15, -0.1) is 11.3 Å². The van der Waals surface area contributed by atoms with Crippen LogP contribution in [-0.2, 0) is 0 Å². The van der Waals surface area contributed by atoms with Crippen LogP contribution in [0.15, 0.2) is 30.3 Å². The Morgan fingerprint density at radius 2 is 2.06 bits per heavy atom. The fourth-order valence-corrected chi connectivity index (χ4v) is 2.59. The van der Waals surface area contributed by atoms with Crippen LogP contribution in [0.2, 0.25) is 4.34 Å². The summed E-state index contributed by atoms with van der Waals surface area (Å²) in [5, 5.41) is 9.13. The van der Waals surface area contributed by atoms with E-state index in [4.69, 9.17) is 16.7 Å². The molecule has 0 aliphatic heterocycles. The van der Waals surface area contributed by atoms with Gasteiger partial charge in [0.05, 0.1) is 9.90 Å². The van der Waals surface area contributed by atoms with E-state index in [-0.39, 0.29) is 0 Å². The number of carbonyl (C=O) groups is 1. The van der Waals surface area contributed by atoms with Crippen LogP contribution in [0.5, 0.6) is 0 Å². The van der Waals surface area contributed by atoms with Gasteiger partial charge in [0.2, 0.25) is 0 Å². The first-order chi connectivity index (χ1) is 7.58. The topological polar surface area (TPSA) is 37.3 Å². The Bertz CT molecular complexity index is 546. The van der Waals surface area contributed by atoms with Crippen LogP contribution < -0.4 is 0 Å². The molecule has 0 aliphatic carbocycles. The van der Waals surface area contributed by atoms with Crippen LogP contribution in [0, 0.1) is 6.92 Å². The number of rotatable bonds is 2. The number of aromatic carboxylic acids is 1. The molecule has 1 aromatic carbocycles. The predicted molar refractivity (Wildman–Crippen MR) is 66.5 cm³/mol. The summed E-state index contributed by atoms with van der Waals surface area (Å²) in [7, 11) is 0. The van der Waals surface area contributed by atoms with Gasteiger partial charge in [-0.05, 0) is 25.1 Å². The number of carboxylic acid groups (broad SMARTS) is 1. The van der Waals surface area contributed by atoms with Gasteiger partial charge in [-0.1, -0.05) is 29.3 Å². The van der Waals surface area contributed by atoms with E-state index in [1.165, 1.54) is 11.3 Å². The highest BCUT2D eigenvalue weighted by atomic mass is 35.5. The fourth-order valence-electron chi connectivity index (χ4n) is 1.51. The molecule has 0 spiro atoms. The molecule has 0 unspecified atom stereocenters. The van der Waals surface area contributed by atoms with Gasteiger partial charge >= 0.3 is 5.97 Å². The average molecular weight is 253 g/mol. The largest absolute Gasteiger partial charge is 0.478 e. The zero-order valence-electron chi connectivity index (χ0n) is 8.53. The van der Waals surface area contributed by atoms with Gasteiger partial charge in [0.1, 0.15) is 0 Å². The van der Waals surface area contributed by atoms with E-state index >= 15 is 0 Å². The molecule has 2 nitrogen and oxygen atoms in total. The van der Waals surface area contributed by atoms with Crippen LogP contribution in [0.3, 0.4) is 0 Å². The highest BCUT2D eigenvalue weighted by Gasteiger charge is 2.13. The van der Waals surface area contributed by atoms with Crippen LogP contribution in [0.4, 0.5) is 0 Å². The van der Waals surface area contributed by atoms with Crippen LogP contribution in [-0.4, -0.2) is 11.1 Å². The maximum Gasteiger partial charge on any atom is 0.336 e. The molecule has 0 radical (unpaired) electrons.